The minimum atomic E-state index is -0.243. The fourth-order valence-corrected chi connectivity index (χ4v) is 6.07. The highest BCUT2D eigenvalue weighted by atomic mass is 16.5. The van der Waals surface area contributed by atoms with Crippen LogP contribution in [0.25, 0.3) is 0 Å². The second kappa shape index (κ2) is 19.2. The monoisotopic (exact) mass is 696 g/mol. The standard InChI is InChI=1S/C27H32O2.C21H24O2/c1-7-11-21-19-23(13-15-25(21)28-17-9-3)27(5,6)24-14-16-26(29-18-10-4)22(20-24)12-8-2;1-5-7-15-13-17(9-11-19(15)22)21(3,4)18-10-12-20(23)16(14-18)8-6-2/h7-10,13-16,19-20H,1-4,11-12,17-18H2,5-6H3;5-6,9-14,22-23H,1-2,7-8H2,3-4H3. The molecule has 4 rings (SSSR count). The van der Waals surface area contributed by atoms with Crippen LogP contribution in [0.15, 0.2) is 149 Å². The van der Waals surface area contributed by atoms with Crippen molar-refractivity contribution in [3.63, 3.8) is 0 Å². The predicted molar refractivity (Wildman–Crippen MR) is 220 cm³/mol. The van der Waals surface area contributed by atoms with E-state index in [4.69, 9.17) is 9.47 Å². The molecule has 0 fully saturated rings. The largest absolute Gasteiger partial charge is 0.508 e. The maximum absolute atomic E-state index is 9.96. The van der Waals surface area contributed by atoms with Crippen molar-refractivity contribution in [1.29, 1.82) is 0 Å². The molecular formula is C48H56O4. The summed E-state index contributed by atoms with van der Waals surface area (Å²) in [4.78, 5) is 0. The molecule has 0 bridgehead atoms. The maximum atomic E-state index is 9.96. The molecule has 0 heterocycles. The van der Waals surface area contributed by atoms with Crippen LogP contribution in [0, 0.1) is 0 Å². The molecule has 4 nitrogen and oxygen atoms in total. The lowest BCUT2D eigenvalue weighted by molar-refractivity contribution is 0.359. The fourth-order valence-electron chi connectivity index (χ4n) is 6.07. The van der Waals surface area contributed by atoms with E-state index in [0.717, 1.165) is 57.7 Å². The van der Waals surface area contributed by atoms with Crippen molar-refractivity contribution in [2.24, 2.45) is 0 Å². The van der Waals surface area contributed by atoms with Crippen LogP contribution < -0.4 is 9.47 Å². The van der Waals surface area contributed by atoms with Crippen LogP contribution in [-0.2, 0) is 36.5 Å². The molecule has 4 aromatic carbocycles. The first-order valence-corrected chi connectivity index (χ1v) is 17.7. The fraction of sp³-hybridized carbons (Fsp3) is 0.250. The van der Waals surface area contributed by atoms with Gasteiger partial charge in [-0.1, -0.05) is 126 Å². The molecule has 0 aliphatic carbocycles. The third kappa shape index (κ3) is 10.3. The Balaban J connectivity index is 0.000000288. The van der Waals surface area contributed by atoms with Gasteiger partial charge in [0.25, 0.3) is 0 Å². The highest BCUT2D eigenvalue weighted by Crippen LogP contribution is 2.38. The first-order chi connectivity index (χ1) is 24.9. The van der Waals surface area contributed by atoms with E-state index in [0.29, 0.717) is 37.6 Å². The van der Waals surface area contributed by atoms with Gasteiger partial charge in [0.15, 0.2) is 0 Å². The molecule has 0 aromatic heterocycles. The third-order valence-corrected chi connectivity index (χ3v) is 9.34. The minimum Gasteiger partial charge on any atom is -0.508 e. The summed E-state index contributed by atoms with van der Waals surface area (Å²) in [7, 11) is 0. The normalized spacial score (nSPS) is 11.0. The Labute approximate surface area is 312 Å². The molecule has 4 aromatic rings. The van der Waals surface area contributed by atoms with Crippen molar-refractivity contribution >= 4 is 0 Å². The molecule has 0 aliphatic rings. The predicted octanol–water partition coefficient (Wildman–Crippen LogP) is 11.5. The van der Waals surface area contributed by atoms with E-state index in [1.54, 1.807) is 36.4 Å². The number of aromatic hydroxyl groups is 2. The lowest BCUT2D eigenvalue weighted by atomic mass is 9.77. The molecule has 0 amide bonds. The van der Waals surface area contributed by atoms with Gasteiger partial charge in [0, 0.05) is 10.8 Å². The molecule has 0 aliphatic heterocycles. The number of rotatable bonds is 18. The van der Waals surface area contributed by atoms with Gasteiger partial charge >= 0.3 is 0 Å². The summed E-state index contributed by atoms with van der Waals surface area (Å²) in [6.07, 6.45) is 13.7. The zero-order chi connectivity index (χ0) is 38.3. The second-order valence-corrected chi connectivity index (χ2v) is 13.8. The van der Waals surface area contributed by atoms with Crippen LogP contribution in [-0.4, -0.2) is 23.4 Å². The van der Waals surface area contributed by atoms with Gasteiger partial charge in [0.2, 0.25) is 0 Å². The van der Waals surface area contributed by atoms with Gasteiger partial charge in [-0.15, -0.1) is 26.3 Å². The third-order valence-electron chi connectivity index (χ3n) is 9.34. The van der Waals surface area contributed by atoms with Crippen LogP contribution >= 0.6 is 0 Å². The average Bonchev–Trinajstić information content (AvgIpc) is 3.13. The Morgan fingerprint density at radius 1 is 0.442 bits per heavy atom. The Morgan fingerprint density at radius 3 is 1.04 bits per heavy atom. The number of allylic oxidation sites excluding steroid dienone is 4. The molecule has 0 atom stereocenters. The van der Waals surface area contributed by atoms with Crippen molar-refractivity contribution in [3.05, 3.63) is 193 Å². The van der Waals surface area contributed by atoms with Gasteiger partial charge in [0.1, 0.15) is 36.2 Å². The summed E-state index contributed by atoms with van der Waals surface area (Å²) in [5, 5.41) is 19.9. The number of hydrogen-bond acceptors (Lipinski definition) is 4. The molecule has 272 valence electrons. The number of phenolic OH excluding ortho intramolecular Hbond substituents is 2. The summed E-state index contributed by atoms with van der Waals surface area (Å²) in [6.45, 7) is 32.4. The SMILES string of the molecule is C=CCOc1ccc(C(C)(C)c2ccc(OCC=C)c(CC=C)c2)cc1CC=C.C=CCc1cc(C(C)(C)c2ccc(O)c(CC=C)c2)ccc1O. The van der Waals surface area contributed by atoms with E-state index in [1.807, 2.05) is 48.6 Å². The Hall–Kier alpha value is -5.48. The van der Waals surface area contributed by atoms with E-state index in [9.17, 15) is 10.2 Å². The highest BCUT2D eigenvalue weighted by Gasteiger charge is 2.26. The molecule has 0 saturated carbocycles. The summed E-state index contributed by atoms with van der Waals surface area (Å²) >= 11 is 0. The molecule has 0 unspecified atom stereocenters. The van der Waals surface area contributed by atoms with Gasteiger partial charge in [0.05, 0.1) is 0 Å². The van der Waals surface area contributed by atoms with Crippen LogP contribution in [0.4, 0.5) is 0 Å². The van der Waals surface area contributed by atoms with Gasteiger partial charge in [-0.3, -0.25) is 0 Å². The summed E-state index contributed by atoms with van der Waals surface area (Å²) < 4.78 is 11.6. The van der Waals surface area contributed by atoms with E-state index in [2.05, 4.69) is 91.4 Å². The number of phenols is 2. The summed E-state index contributed by atoms with van der Waals surface area (Å²) in [6, 6.07) is 24.2. The summed E-state index contributed by atoms with van der Waals surface area (Å²) in [5.41, 5.74) is 8.26. The highest BCUT2D eigenvalue weighted by molar-refractivity contribution is 5.50. The topological polar surface area (TPSA) is 58.9 Å². The van der Waals surface area contributed by atoms with Gasteiger partial charge < -0.3 is 19.7 Å². The molecular weight excluding hydrogens is 641 g/mol. The lowest BCUT2D eigenvalue weighted by Crippen LogP contribution is -2.20. The zero-order valence-corrected chi connectivity index (χ0v) is 31.6. The lowest BCUT2D eigenvalue weighted by Gasteiger charge is -2.28. The van der Waals surface area contributed by atoms with Crippen molar-refractivity contribution < 1.29 is 19.7 Å². The maximum Gasteiger partial charge on any atom is 0.123 e. The van der Waals surface area contributed by atoms with Crippen molar-refractivity contribution in [2.75, 3.05) is 13.2 Å². The Morgan fingerprint density at radius 2 is 0.731 bits per heavy atom. The smallest absolute Gasteiger partial charge is 0.123 e. The summed E-state index contributed by atoms with van der Waals surface area (Å²) in [5.74, 6) is 2.35. The van der Waals surface area contributed by atoms with E-state index in [1.165, 1.54) is 11.1 Å². The number of hydrogen-bond donors (Lipinski definition) is 2. The van der Waals surface area contributed by atoms with Crippen molar-refractivity contribution in [3.8, 4) is 23.0 Å². The molecule has 0 saturated heterocycles. The van der Waals surface area contributed by atoms with Crippen molar-refractivity contribution in [1.82, 2.24) is 0 Å². The van der Waals surface area contributed by atoms with Gasteiger partial charge in [-0.2, -0.15) is 0 Å². The zero-order valence-electron chi connectivity index (χ0n) is 31.6. The molecule has 4 heteroatoms. The van der Waals surface area contributed by atoms with E-state index < -0.39 is 0 Å². The quantitative estimate of drug-likeness (QED) is 0.102. The van der Waals surface area contributed by atoms with Gasteiger partial charge in [-0.25, -0.2) is 0 Å². The average molecular weight is 697 g/mol. The first kappa shape index (κ1) is 40.9. The molecule has 52 heavy (non-hydrogen) atoms. The minimum absolute atomic E-state index is 0.181. The molecule has 0 spiro atoms. The molecule has 0 radical (unpaired) electrons. The Bertz CT molecular complexity index is 1740. The van der Waals surface area contributed by atoms with E-state index in [-0.39, 0.29) is 10.8 Å². The second-order valence-electron chi connectivity index (χ2n) is 13.8. The van der Waals surface area contributed by atoms with Crippen LogP contribution in [0.3, 0.4) is 0 Å². The Kier molecular flexibility index (Phi) is 15.1. The van der Waals surface area contributed by atoms with Crippen LogP contribution in [0.5, 0.6) is 23.0 Å². The van der Waals surface area contributed by atoms with Crippen molar-refractivity contribution in [2.45, 2.75) is 64.2 Å². The van der Waals surface area contributed by atoms with Crippen LogP contribution in [0.2, 0.25) is 0 Å². The number of ether oxygens (including phenoxy) is 2. The molecule has 2 N–H and O–H groups in total. The number of benzene rings is 4. The van der Waals surface area contributed by atoms with E-state index >= 15 is 0 Å². The van der Waals surface area contributed by atoms with Crippen LogP contribution in [0.1, 0.15) is 72.2 Å². The first-order valence-electron chi connectivity index (χ1n) is 17.7. The van der Waals surface area contributed by atoms with Gasteiger partial charge in [-0.05, 0) is 94.5 Å².